The van der Waals surface area contributed by atoms with Crippen LogP contribution in [0.1, 0.15) is 50.5 Å². The summed E-state index contributed by atoms with van der Waals surface area (Å²) in [7, 11) is 0. The zero-order valence-corrected chi connectivity index (χ0v) is 15.3. The average molecular weight is 371 g/mol. The normalized spacial score (nSPS) is 25.6. The van der Waals surface area contributed by atoms with Crippen LogP contribution in [-0.2, 0) is 15.1 Å². The topological polar surface area (TPSA) is 87.7 Å². The van der Waals surface area contributed by atoms with E-state index in [9.17, 15) is 14.4 Å². The molecule has 1 aromatic carbocycles. The third-order valence-corrected chi connectivity index (χ3v) is 5.78. The minimum absolute atomic E-state index is 0.138. The fourth-order valence-electron chi connectivity index (χ4n) is 4.36. The number of para-hydroxylation sites is 1. The lowest BCUT2D eigenvalue weighted by Crippen LogP contribution is -2.48. The molecule has 2 heterocycles. The number of ether oxygens (including phenoxy) is 1. The Balaban J connectivity index is 1.48. The standard InChI is InChI=1S/C20H25N3O4/c24-17(21-14-7-3-1-2-4-8-14)13-23-18(25)20(22-19(23)26)11-12-27-16-10-6-5-9-15(16)20/h5-6,9-10,14H,1-4,7-8,11-13H2,(H,21,24)(H,22,26). The highest BCUT2D eigenvalue weighted by molar-refractivity contribution is 6.09. The van der Waals surface area contributed by atoms with Gasteiger partial charge in [-0.05, 0) is 18.9 Å². The van der Waals surface area contributed by atoms with E-state index < -0.39 is 11.6 Å². The Morgan fingerprint density at radius 3 is 2.70 bits per heavy atom. The number of carbonyl (C=O) groups excluding carboxylic acids is 3. The number of carbonyl (C=O) groups is 3. The fourth-order valence-corrected chi connectivity index (χ4v) is 4.36. The summed E-state index contributed by atoms with van der Waals surface area (Å²) in [6.07, 6.45) is 6.88. The highest BCUT2D eigenvalue weighted by atomic mass is 16.5. The lowest BCUT2D eigenvalue weighted by Gasteiger charge is -2.33. The molecule has 0 bridgehead atoms. The quantitative estimate of drug-likeness (QED) is 0.629. The van der Waals surface area contributed by atoms with Crippen LogP contribution in [0.3, 0.4) is 0 Å². The molecule has 1 saturated heterocycles. The van der Waals surface area contributed by atoms with E-state index in [0.717, 1.165) is 30.6 Å². The second-order valence-electron chi connectivity index (χ2n) is 7.58. The van der Waals surface area contributed by atoms with E-state index in [0.29, 0.717) is 24.3 Å². The van der Waals surface area contributed by atoms with Gasteiger partial charge in [-0.3, -0.25) is 14.5 Å². The van der Waals surface area contributed by atoms with Gasteiger partial charge in [0.2, 0.25) is 5.91 Å². The predicted octanol–water partition coefficient (Wildman–Crippen LogP) is 2.06. The molecule has 1 atom stereocenters. The molecule has 4 amide bonds. The number of fused-ring (bicyclic) bond motifs is 2. The van der Waals surface area contributed by atoms with Crippen molar-refractivity contribution in [3.05, 3.63) is 29.8 Å². The van der Waals surface area contributed by atoms with E-state index in [-0.39, 0.29) is 24.4 Å². The van der Waals surface area contributed by atoms with Crippen LogP contribution in [0.2, 0.25) is 0 Å². The van der Waals surface area contributed by atoms with E-state index in [4.69, 9.17) is 4.74 Å². The number of nitrogens with one attached hydrogen (secondary N) is 2. The van der Waals surface area contributed by atoms with Crippen LogP contribution in [-0.4, -0.2) is 41.9 Å². The summed E-state index contributed by atoms with van der Waals surface area (Å²) >= 11 is 0. The van der Waals surface area contributed by atoms with Crippen LogP contribution in [0.15, 0.2) is 24.3 Å². The molecule has 2 aliphatic heterocycles. The third-order valence-electron chi connectivity index (χ3n) is 5.78. The molecule has 1 aliphatic carbocycles. The Morgan fingerprint density at radius 1 is 1.19 bits per heavy atom. The van der Waals surface area contributed by atoms with Gasteiger partial charge < -0.3 is 15.4 Å². The summed E-state index contributed by atoms with van der Waals surface area (Å²) in [5.74, 6) is -0.0516. The molecule has 27 heavy (non-hydrogen) atoms. The Labute approximate surface area is 158 Å². The van der Waals surface area contributed by atoms with Crippen LogP contribution >= 0.6 is 0 Å². The van der Waals surface area contributed by atoms with Crippen molar-refractivity contribution in [3.8, 4) is 5.75 Å². The molecule has 7 heteroatoms. The summed E-state index contributed by atoms with van der Waals surface area (Å²) < 4.78 is 5.62. The molecule has 1 saturated carbocycles. The zero-order chi connectivity index (χ0) is 18.9. The minimum atomic E-state index is -1.13. The Bertz CT molecular complexity index is 757. The van der Waals surface area contributed by atoms with E-state index in [1.165, 1.54) is 12.8 Å². The highest BCUT2D eigenvalue weighted by Gasteiger charge is 2.55. The highest BCUT2D eigenvalue weighted by Crippen LogP contribution is 2.40. The van der Waals surface area contributed by atoms with Gasteiger partial charge >= 0.3 is 6.03 Å². The first-order chi connectivity index (χ1) is 13.1. The monoisotopic (exact) mass is 371 g/mol. The first-order valence-corrected chi connectivity index (χ1v) is 9.76. The van der Waals surface area contributed by atoms with Crippen molar-refractivity contribution in [1.29, 1.82) is 0 Å². The molecule has 1 spiro atoms. The Kier molecular flexibility index (Phi) is 4.76. The van der Waals surface area contributed by atoms with Crippen molar-refractivity contribution in [2.45, 2.75) is 56.5 Å². The number of hydrogen-bond acceptors (Lipinski definition) is 4. The van der Waals surface area contributed by atoms with Crippen molar-refractivity contribution in [1.82, 2.24) is 15.5 Å². The lowest BCUT2D eigenvalue weighted by atomic mass is 9.84. The van der Waals surface area contributed by atoms with Gasteiger partial charge in [-0.2, -0.15) is 0 Å². The number of amides is 4. The maximum Gasteiger partial charge on any atom is 0.325 e. The van der Waals surface area contributed by atoms with Gasteiger partial charge in [0.05, 0.1) is 6.61 Å². The molecular weight excluding hydrogens is 346 g/mol. The van der Waals surface area contributed by atoms with Crippen LogP contribution in [0.5, 0.6) is 5.75 Å². The molecule has 1 aromatic rings. The fraction of sp³-hybridized carbons (Fsp3) is 0.550. The van der Waals surface area contributed by atoms with Crippen LogP contribution < -0.4 is 15.4 Å². The smallest absolute Gasteiger partial charge is 0.325 e. The summed E-state index contributed by atoms with van der Waals surface area (Å²) in [5.41, 5.74) is -0.476. The van der Waals surface area contributed by atoms with Gasteiger partial charge in [0, 0.05) is 18.0 Å². The number of urea groups is 1. The predicted molar refractivity (Wildman–Crippen MR) is 98.1 cm³/mol. The maximum atomic E-state index is 13.1. The van der Waals surface area contributed by atoms with Crippen molar-refractivity contribution < 1.29 is 19.1 Å². The second-order valence-corrected chi connectivity index (χ2v) is 7.58. The SMILES string of the molecule is O=C(CN1C(=O)NC2(CCOc3ccccc32)C1=O)NC1CCCCCC1. The van der Waals surface area contributed by atoms with E-state index >= 15 is 0 Å². The van der Waals surface area contributed by atoms with Crippen molar-refractivity contribution in [3.63, 3.8) is 0 Å². The van der Waals surface area contributed by atoms with Crippen LogP contribution in [0.25, 0.3) is 0 Å². The van der Waals surface area contributed by atoms with Crippen molar-refractivity contribution in [2.75, 3.05) is 13.2 Å². The molecule has 0 aromatic heterocycles. The van der Waals surface area contributed by atoms with Crippen molar-refractivity contribution in [2.24, 2.45) is 0 Å². The molecular formula is C20H25N3O4. The lowest BCUT2D eigenvalue weighted by molar-refractivity contribution is -0.136. The van der Waals surface area contributed by atoms with Crippen LogP contribution in [0.4, 0.5) is 4.79 Å². The second kappa shape index (κ2) is 7.21. The molecule has 2 fully saturated rings. The molecule has 7 nitrogen and oxygen atoms in total. The number of imide groups is 1. The van der Waals surface area contributed by atoms with Gasteiger partial charge in [0.1, 0.15) is 12.3 Å². The average Bonchev–Trinajstić information content (AvgIpc) is 2.85. The maximum absolute atomic E-state index is 13.1. The Hall–Kier alpha value is -2.57. The number of hydrogen-bond donors (Lipinski definition) is 2. The molecule has 1 unspecified atom stereocenters. The molecule has 3 aliphatic rings. The minimum Gasteiger partial charge on any atom is -0.493 e. The van der Waals surface area contributed by atoms with E-state index in [1.54, 1.807) is 12.1 Å². The van der Waals surface area contributed by atoms with Crippen LogP contribution in [0, 0.1) is 0 Å². The molecule has 144 valence electrons. The molecule has 2 N–H and O–H groups in total. The Morgan fingerprint density at radius 2 is 1.93 bits per heavy atom. The zero-order valence-electron chi connectivity index (χ0n) is 15.3. The summed E-state index contributed by atoms with van der Waals surface area (Å²) in [5, 5.41) is 5.82. The summed E-state index contributed by atoms with van der Waals surface area (Å²) in [6, 6.07) is 6.85. The van der Waals surface area contributed by atoms with Gasteiger partial charge in [0.15, 0.2) is 5.54 Å². The first kappa shape index (κ1) is 17.8. The van der Waals surface area contributed by atoms with Gasteiger partial charge in [-0.15, -0.1) is 0 Å². The summed E-state index contributed by atoms with van der Waals surface area (Å²) in [4.78, 5) is 39.2. The van der Waals surface area contributed by atoms with E-state index in [1.807, 2.05) is 12.1 Å². The first-order valence-electron chi connectivity index (χ1n) is 9.76. The third kappa shape index (κ3) is 3.26. The summed E-state index contributed by atoms with van der Waals surface area (Å²) in [6.45, 7) is 0.0943. The van der Waals surface area contributed by atoms with E-state index in [2.05, 4.69) is 10.6 Å². The number of benzene rings is 1. The molecule has 0 radical (unpaired) electrons. The van der Waals surface area contributed by atoms with Gasteiger partial charge in [-0.25, -0.2) is 4.79 Å². The largest absolute Gasteiger partial charge is 0.493 e. The van der Waals surface area contributed by atoms with Gasteiger partial charge in [0.25, 0.3) is 5.91 Å². The molecule has 4 rings (SSSR count). The number of rotatable bonds is 3. The number of nitrogens with zero attached hydrogens (tertiary/aromatic N) is 1. The van der Waals surface area contributed by atoms with Crippen molar-refractivity contribution >= 4 is 17.8 Å². The van der Waals surface area contributed by atoms with Gasteiger partial charge in [-0.1, -0.05) is 43.9 Å².